The van der Waals surface area contributed by atoms with Crippen LogP contribution in [-0.4, -0.2) is 77.3 Å². The summed E-state index contributed by atoms with van der Waals surface area (Å²) >= 11 is 0. The Hall–Kier alpha value is -1.50. The molecule has 144 valence electrons. The van der Waals surface area contributed by atoms with Crippen molar-refractivity contribution in [2.24, 2.45) is 11.8 Å². The van der Waals surface area contributed by atoms with Crippen molar-refractivity contribution >= 4 is 5.91 Å². The quantitative estimate of drug-likeness (QED) is 0.860. The number of pyridine rings is 1. The summed E-state index contributed by atoms with van der Waals surface area (Å²) in [5, 5.41) is 9.83. The zero-order valence-corrected chi connectivity index (χ0v) is 16.1. The highest BCUT2D eigenvalue weighted by atomic mass is 16.5. The molecule has 2 fully saturated rings. The van der Waals surface area contributed by atoms with Crippen molar-refractivity contribution < 1.29 is 14.6 Å². The number of amides is 1. The van der Waals surface area contributed by atoms with Crippen molar-refractivity contribution in [3.63, 3.8) is 0 Å². The fourth-order valence-electron chi connectivity index (χ4n) is 4.27. The van der Waals surface area contributed by atoms with E-state index in [4.69, 9.17) is 4.74 Å². The molecule has 6 heteroatoms. The van der Waals surface area contributed by atoms with Gasteiger partial charge in [0.2, 0.25) is 0 Å². The van der Waals surface area contributed by atoms with Gasteiger partial charge in [-0.2, -0.15) is 0 Å². The Balaban J connectivity index is 1.65. The Morgan fingerprint density at radius 1 is 1.23 bits per heavy atom. The molecule has 1 amide bonds. The first kappa shape index (κ1) is 19.3. The van der Waals surface area contributed by atoms with Gasteiger partial charge in [0.1, 0.15) is 0 Å². The topological polar surface area (TPSA) is 65.9 Å². The standard InChI is InChI=1S/C20H31N3O3/c1-4-19-7-16(5-6-21-19)20(25)23-11-17(18(12-23)13-24)10-22-8-14(2)26-15(3)9-22/h5-7,14-15,17-18,24H,4,8-13H2,1-3H3/t14-,15+,17-,18-/m1/s1. The Bertz CT molecular complexity index is 614. The van der Waals surface area contributed by atoms with Gasteiger partial charge in [-0.05, 0) is 38.3 Å². The number of rotatable bonds is 5. The van der Waals surface area contributed by atoms with E-state index in [0.29, 0.717) is 24.6 Å². The molecule has 2 aliphatic rings. The molecule has 0 aliphatic carbocycles. The number of aryl methyl sites for hydroxylation is 1. The second kappa shape index (κ2) is 8.46. The number of hydrogen-bond acceptors (Lipinski definition) is 5. The Kier molecular flexibility index (Phi) is 6.27. The number of morpholine rings is 1. The number of aliphatic hydroxyl groups excluding tert-OH is 1. The van der Waals surface area contributed by atoms with E-state index in [1.807, 2.05) is 17.9 Å². The molecule has 0 spiro atoms. The molecule has 1 aromatic rings. The van der Waals surface area contributed by atoms with E-state index < -0.39 is 0 Å². The fourth-order valence-corrected chi connectivity index (χ4v) is 4.27. The Morgan fingerprint density at radius 3 is 2.58 bits per heavy atom. The Labute approximate surface area is 156 Å². The van der Waals surface area contributed by atoms with Crippen LogP contribution in [0.4, 0.5) is 0 Å². The minimum Gasteiger partial charge on any atom is -0.396 e. The van der Waals surface area contributed by atoms with Gasteiger partial charge in [0.05, 0.1) is 12.2 Å². The molecule has 26 heavy (non-hydrogen) atoms. The highest BCUT2D eigenvalue weighted by molar-refractivity contribution is 5.94. The third kappa shape index (κ3) is 4.42. The largest absolute Gasteiger partial charge is 0.396 e. The van der Waals surface area contributed by atoms with Crippen LogP contribution in [0, 0.1) is 11.8 Å². The highest BCUT2D eigenvalue weighted by Crippen LogP contribution is 2.27. The maximum Gasteiger partial charge on any atom is 0.253 e. The number of likely N-dealkylation sites (tertiary alicyclic amines) is 1. The van der Waals surface area contributed by atoms with Gasteiger partial charge in [0, 0.05) is 62.7 Å². The van der Waals surface area contributed by atoms with Gasteiger partial charge in [0.25, 0.3) is 5.91 Å². The maximum absolute atomic E-state index is 12.9. The number of carbonyl (C=O) groups excluding carboxylic acids is 1. The van der Waals surface area contributed by atoms with Crippen LogP contribution in [0.5, 0.6) is 0 Å². The third-order valence-electron chi connectivity index (χ3n) is 5.51. The number of ether oxygens (including phenoxy) is 1. The van der Waals surface area contributed by atoms with E-state index in [2.05, 4.69) is 23.7 Å². The van der Waals surface area contributed by atoms with Crippen LogP contribution >= 0.6 is 0 Å². The normalized spacial score (nSPS) is 29.9. The smallest absolute Gasteiger partial charge is 0.253 e. The Morgan fingerprint density at radius 2 is 1.92 bits per heavy atom. The summed E-state index contributed by atoms with van der Waals surface area (Å²) in [6.07, 6.45) is 2.99. The average Bonchev–Trinajstić information content (AvgIpc) is 3.03. The van der Waals surface area contributed by atoms with Crippen molar-refractivity contribution in [2.75, 3.05) is 39.3 Å². The molecule has 0 unspecified atom stereocenters. The van der Waals surface area contributed by atoms with Crippen LogP contribution in [0.15, 0.2) is 18.3 Å². The lowest BCUT2D eigenvalue weighted by Gasteiger charge is -2.37. The highest BCUT2D eigenvalue weighted by Gasteiger charge is 2.37. The number of aromatic nitrogens is 1. The molecule has 2 saturated heterocycles. The molecule has 0 radical (unpaired) electrons. The van der Waals surface area contributed by atoms with Crippen LogP contribution < -0.4 is 0 Å². The molecular formula is C20H31N3O3. The van der Waals surface area contributed by atoms with E-state index in [1.54, 1.807) is 12.3 Å². The lowest BCUT2D eigenvalue weighted by Crippen LogP contribution is -2.48. The average molecular weight is 361 g/mol. The number of carbonyl (C=O) groups is 1. The minimum absolute atomic E-state index is 0.0479. The molecule has 4 atom stereocenters. The fraction of sp³-hybridized carbons (Fsp3) is 0.700. The third-order valence-corrected chi connectivity index (χ3v) is 5.51. The molecule has 0 aromatic carbocycles. The van der Waals surface area contributed by atoms with Crippen LogP contribution in [-0.2, 0) is 11.2 Å². The first-order valence-electron chi connectivity index (χ1n) is 9.73. The predicted octanol–water partition coefficient (Wildman–Crippen LogP) is 1.43. The van der Waals surface area contributed by atoms with Crippen molar-refractivity contribution in [3.05, 3.63) is 29.6 Å². The van der Waals surface area contributed by atoms with Gasteiger partial charge < -0.3 is 14.7 Å². The van der Waals surface area contributed by atoms with Gasteiger partial charge in [-0.3, -0.25) is 14.7 Å². The van der Waals surface area contributed by atoms with E-state index in [1.165, 1.54) is 0 Å². The lowest BCUT2D eigenvalue weighted by atomic mass is 9.96. The molecule has 1 N–H and O–H groups in total. The summed E-state index contributed by atoms with van der Waals surface area (Å²) in [4.78, 5) is 21.5. The van der Waals surface area contributed by atoms with E-state index >= 15 is 0 Å². The summed E-state index contributed by atoms with van der Waals surface area (Å²) in [6.45, 7) is 10.4. The summed E-state index contributed by atoms with van der Waals surface area (Å²) in [5.74, 6) is 0.487. The van der Waals surface area contributed by atoms with Crippen molar-refractivity contribution in [1.29, 1.82) is 0 Å². The van der Waals surface area contributed by atoms with Crippen molar-refractivity contribution in [1.82, 2.24) is 14.8 Å². The molecule has 1 aromatic heterocycles. The minimum atomic E-state index is 0.0479. The summed E-state index contributed by atoms with van der Waals surface area (Å²) in [5.41, 5.74) is 1.63. The molecule has 3 heterocycles. The predicted molar refractivity (Wildman–Crippen MR) is 100 cm³/mol. The molecule has 2 aliphatic heterocycles. The number of nitrogens with zero attached hydrogens (tertiary/aromatic N) is 3. The van der Waals surface area contributed by atoms with Crippen LogP contribution in [0.25, 0.3) is 0 Å². The summed E-state index contributed by atoms with van der Waals surface area (Å²) in [7, 11) is 0. The molecular weight excluding hydrogens is 330 g/mol. The van der Waals surface area contributed by atoms with E-state index in [-0.39, 0.29) is 30.6 Å². The number of aliphatic hydroxyl groups is 1. The van der Waals surface area contributed by atoms with Gasteiger partial charge in [-0.25, -0.2) is 0 Å². The van der Waals surface area contributed by atoms with Gasteiger partial charge in [-0.15, -0.1) is 0 Å². The zero-order valence-electron chi connectivity index (χ0n) is 16.1. The van der Waals surface area contributed by atoms with E-state index in [0.717, 1.165) is 31.7 Å². The second-order valence-electron chi connectivity index (χ2n) is 7.78. The monoisotopic (exact) mass is 361 g/mol. The maximum atomic E-state index is 12.9. The molecule has 3 rings (SSSR count). The van der Waals surface area contributed by atoms with Crippen LogP contribution in [0.2, 0.25) is 0 Å². The number of hydrogen-bond donors (Lipinski definition) is 1. The van der Waals surface area contributed by atoms with Gasteiger partial charge in [0.15, 0.2) is 0 Å². The second-order valence-corrected chi connectivity index (χ2v) is 7.78. The van der Waals surface area contributed by atoms with E-state index in [9.17, 15) is 9.90 Å². The lowest BCUT2D eigenvalue weighted by molar-refractivity contribution is -0.0726. The first-order valence-corrected chi connectivity index (χ1v) is 9.73. The van der Waals surface area contributed by atoms with Crippen molar-refractivity contribution in [3.8, 4) is 0 Å². The van der Waals surface area contributed by atoms with Gasteiger partial charge >= 0.3 is 0 Å². The summed E-state index contributed by atoms with van der Waals surface area (Å²) < 4.78 is 5.81. The molecule has 0 saturated carbocycles. The van der Waals surface area contributed by atoms with Crippen LogP contribution in [0.1, 0.15) is 36.8 Å². The van der Waals surface area contributed by atoms with Crippen LogP contribution in [0.3, 0.4) is 0 Å². The van der Waals surface area contributed by atoms with Gasteiger partial charge in [-0.1, -0.05) is 6.92 Å². The first-order chi connectivity index (χ1) is 12.5. The zero-order chi connectivity index (χ0) is 18.7. The molecule has 6 nitrogen and oxygen atoms in total. The van der Waals surface area contributed by atoms with Crippen molar-refractivity contribution in [2.45, 2.75) is 39.4 Å². The SMILES string of the molecule is CCc1cc(C(=O)N2C[C@@H](CN3C[C@@H](C)O[C@@H](C)C3)[C@@H](CO)C2)ccn1. The summed E-state index contributed by atoms with van der Waals surface area (Å²) in [6, 6.07) is 3.67. The molecule has 0 bridgehead atoms.